The molecular weight excluding hydrogens is 400 g/mol. The van der Waals surface area contributed by atoms with Gasteiger partial charge in [-0.25, -0.2) is 8.78 Å². The monoisotopic (exact) mass is 422 g/mol. The van der Waals surface area contributed by atoms with Gasteiger partial charge in [-0.3, -0.25) is 13.9 Å². The Morgan fingerprint density at radius 3 is 2.41 bits per heavy atom. The van der Waals surface area contributed by atoms with Gasteiger partial charge in [0.1, 0.15) is 11.6 Å². The maximum Gasteiger partial charge on any atom is 0.254 e. The highest BCUT2D eigenvalue weighted by Gasteiger charge is 2.30. The number of hydrogen-bond acceptors (Lipinski definition) is 4. The Balaban J connectivity index is 1.65. The first-order valence-corrected chi connectivity index (χ1v) is 10.4. The van der Waals surface area contributed by atoms with Gasteiger partial charge in [0.05, 0.1) is 0 Å². The molecule has 1 fully saturated rings. The van der Waals surface area contributed by atoms with Crippen LogP contribution >= 0.6 is 0 Å². The molecule has 0 aromatic heterocycles. The molecule has 29 heavy (non-hydrogen) atoms. The van der Waals surface area contributed by atoms with Crippen molar-refractivity contribution in [3.05, 3.63) is 65.2 Å². The predicted octanol–water partition coefficient (Wildman–Crippen LogP) is 2.91. The number of carbonyl (C=O) groups excluding carboxylic acids is 1. The fraction of sp³-hybridized carbons (Fsp3) is 0.350. The lowest BCUT2D eigenvalue weighted by Gasteiger charge is -2.41. The molecule has 1 aliphatic heterocycles. The number of benzene rings is 2. The number of hydrogen-bond donors (Lipinski definition) is 1. The SMILES string of the molecule is CC[C@H]1CN(Cc2cc(F)cc(F)c2)CCN1C(=O)c1ccc(NS(=O)[O-])cc1. The van der Waals surface area contributed by atoms with E-state index in [1.807, 2.05) is 6.92 Å². The average Bonchev–Trinajstić information content (AvgIpc) is 2.66. The van der Waals surface area contributed by atoms with Crippen LogP contribution in [0.4, 0.5) is 14.5 Å². The lowest BCUT2D eigenvalue weighted by Crippen LogP contribution is -2.54. The lowest BCUT2D eigenvalue weighted by molar-refractivity contribution is 0.0430. The summed E-state index contributed by atoms with van der Waals surface area (Å²) >= 11 is -2.42. The number of amides is 1. The summed E-state index contributed by atoms with van der Waals surface area (Å²) in [6.45, 7) is 4.11. The van der Waals surface area contributed by atoms with Crippen molar-refractivity contribution in [2.24, 2.45) is 0 Å². The minimum Gasteiger partial charge on any atom is -0.755 e. The highest BCUT2D eigenvalue weighted by molar-refractivity contribution is 7.80. The molecule has 0 spiro atoms. The zero-order valence-electron chi connectivity index (χ0n) is 15.9. The fourth-order valence-electron chi connectivity index (χ4n) is 3.58. The number of piperazine rings is 1. The van der Waals surface area contributed by atoms with E-state index in [0.717, 1.165) is 12.5 Å². The van der Waals surface area contributed by atoms with Gasteiger partial charge in [-0.1, -0.05) is 6.92 Å². The van der Waals surface area contributed by atoms with Crippen LogP contribution in [0.5, 0.6) is 0 Å². The lowest BCUT2D eigenvalue weighted by atomic mass is 10.1. The molecule has 1 amide bonds. The topological polar surface area (TPSA) is 75.7 Å². The maximum absolute atomic E-state index is 13.4. The minimum atomic E-state index is -2.42. The summed E-state index contributed by atoms with van der Waals surface area (Å²) in [6.07, 6.45) is 0.745. The van der Waals surface area contributed by atoms with Crippen molar-refractivity contribution in [2.75, 3.05) is 24.4 Å². The number of rotatable bonds is 6. The van der Waals surface area contributed by atoms with Gasteiger partial charge in [-0.05, 0) is 48.4 Å². The van der Waals surface area contributed by atoms with E-state index in [1.165, 1.54) is 12.1 Å². The highest BCUT2D eigenvalue weighted by Crippen LogP contribution is 2.20. The van der Waals surface area contributed by atoms with E-state index in [1.54, 1.807) is 29.2 Å². The normalized spacial score (nSPS) is 18.5. The largest absolute Gasteiger partial charge is 0.755 e. The minimum absolute atomic E-state index is 0.0263. The average molecular weight is 422 g/mol. The molecule has 1 N–H and O–H groups in total. The molecule has 9 heteroatoms. The molecule has 1 heterocycles. The van der Waals surface area contributed by atoms with E-state index < -0.39 is 22.9 Å². The molecular formula is C20H22F2N3O3S-. The summed E-state index contributed by atoms with van der Waals surface area (Å²) in [7, 11) is 0. The first-order valence-electron chi connectivity index (χ1n) is 9.30. The van der Waals surface area contributed by atoms with Gasteiger partial charge in [-0.2, -0.15) is 0 Å². The number of halogens is 2. The van der Waals surface area contributed by atoms with Gasteiger partial charge in [0, 0.05) is 60.8 Å². The molecule has 1 unspecified atom stereocenters. The molecule has 2 atom stereocenters. The molecule has 6 nitrogen and oxygen atoms in total. The zero-order chi connectivity index (χ0) is 21.0. The first-order chi connectivity index (χ1) is 13.9. The summed E-state index contributed by atoms with van der Waals surface area (Å²) in [4.78, 5) is 16.8. The van der Waals surface area contributed by atoms with Crippen molar-refractivity contribution < 1.29 is 22.3 Å². The molecule has 0 radical (unpaired) electrons. The highest BCUT2D eigenvalue weighted by atomic mass is 32.2. The van der Waals surface area contributed by atoms with E-state index in [4.69, 9.17) is 0 Å². The van der Waals surface area contributed by atoms with Crippen LogP contribution in [0.15, 0.2) is 42.5 Å². The van der Waals surface area contributed by atoms with Gasteiger partial charge in [0.25, 0.3) is 5.91 Å². The van der Waals surface area contributed by atoms with Crippen molar-refractivity contribution in [1.29, 1.82) is 0 Å². The van der Waals surface area contributed by atoms with Crippen LogP contribution in [-0.2, 0) is 17.8 Å². The predicted molar refractivity (Wildman–Crippen MR) is 106 cm³/mol. The fourth-order valence-corrected chi connectivity index (χ4v) is 3.91. The molecule has 3 rings (SSSR count). The van der Waals surface area contributed by atoms with Crippen molar-refractivity contribution in [1.82, 2.24) is 9.80 Å². The Bertz CT molecular complexity index is 875. The van der Waals surface area contributed by atoms with Gasteiger partial charge in [0.2, 0.25) is 0 Å². The summed E-state index contributed by atoms with van der Waals surface area (Å²) in [5.74, 6) is -1.32. The van der Waals surface area contributed by atoms with Gasteiger partial charge < -0.3 is 14.2 Å². The number of anilines is 1. The van der Waals surface area contributed by atoms with Crippen LogP contribution in [0, 0.1) is 11.6 Å². The molecule has 0 bridgehead atoms. The molecule has 1 aliphatic rings. The number of carbonyl (C=O) groups is 1. The van der Waals surface area contributed by atoms with Crippen molar-refractivity contribution in [2.45, 2.75) is 25.9 Å². The molecule has 156 valence electrons. The van der Waals surface area contributed by atoms with E-state index in [9.17, 15) is 22.3 Å². The van der Waals surface area contributed by atoms with Crippen LogP contribution in [-0.4, -0.2) is 50.1 Å². The van der Waals surface area contributed by atoms with Crippen LogP contribution in [0.3, 0.4) is 0 Å². The smallest absolute Gasteiger partial charge is 0.254 e. The molecule has 0 saturated carbocycles. The molecule has 1 saturated heterocycles. The summed E-state index contributed by atoms with van der Waals surface area (Å²) in [5, 5.41) is 0. The van der Waals surface area contributed by atoms with Crippen molar-refractivity contribution in [3.8, 4) is 0 Å². The standard InChI is InChI=1S/C20H23F2N3O3S/c1-2-19-13-24(12-14-9-16(21)11-17(22)10-14)7-8-25(19)20(26)15-3-5-18(6-4-15)23-29(27)28/h3-6,9-11,19,23H,2,7-8,12-13H2,1H3,(H,27,28)/p-1/t19-/m0/s1. The van der Waals surface area contributed by atoms with Crippen LogP contribution < -0.4 is 4.72 Å². The summed E-state index contributed by atoms with van der Waals surface area (Å²) < 4.78 is 50.5. The Labute approximate surface area is 170 Å². The third-order valence-corrected chi connectivity index (χ3v) is 5.36. The molecule has 2 aromatic carbocycles. The quantitative estimate of drug-likeness (QED) is 0.727. The number of nitrogens with zero attached hydrogens (tertiary/aromatic N) is 2. The Morgan fingerprint density at radius 2 is 1.83 bits per heavy atom. The van der Waals surface area contributed by atoms with Gasteiger partial charge >= 0.3 is 0 Å². The second-order valence-electron chi connectivity index (χ2n) is 6.99. The molecule has 0 aliphatic carbocycles. The second-order valence-corrected chi connectivity index (χ2v) is 7.66. The van der Waals surface area contributed by atoms with Crippen LogP contribution in [0.25, 0.3) is 0 Å². The van der Waals surface area contributed by atoms with E-state index in [-0.39, 0.29) is 11.9 Å². The third-order valence-electron chi connectivity index (χ3n) is 4.96. The summed E-state index contributed by atoms with van der Waals surface area (Å²) in [5.41, 5.74) is 1.43. The zero-order valence-corrected chi connectivity index (χ0v) is 16.8. The Morgan fingerprint density at radius 1 is 1.17 bits per heavy atom. The Hall–Kier alpha value is -2.36. The van der Waals surface area contributed by atoms with E-state index >= 15 is 0 Å². The third kappa shape index (κ3) is 5.59. The first kappa shape index (κ1) is 21.4. The summed E-state index contributed by atoms with van der Waals surface area (Å²) in [6, 6.07) is 9.74. The van der Waals surface area contributed by atoms with E-state index in [2.05, 4.69) is 9.62 Å². The Kier molecular flexibility index (Phi) is 6.94. The molecule has 2 aromatic rings. The second kappa shape index (κ2) is 9.43. The van der Waals surface area contributed by atoms with Gasteiger partial charge in [0.15, 0.2) is 0 Å². The van der Waals surface area contributed by atoms with Crippen molar-refractivity contribution >= 4 is 22.9 Å². The number of nitrogens with one attached hydrogen (secondary N) is 1. The van der Waals surface area contributed by atoms with Crippen molar-refractivity contribution in [3.63, 3.8) is 0 Å². The van der Waals surface area contributed by atoms with Crippen LogP contribution in [0.1, 0.15) is 29.3 Å². The van der Waals surface area contributed by atoms with Gasteiger partial charge in [-0.15, -0.1) is 0 Å². The van der Waals surface area contributed by atoms with E-state index in [0.29, 0.717) is 43.0 Å². The maximum atomic E-state index is 13.4. The van der Waals surface area contributed by atoms with Crippen LogP contribution in [0.2, 0.25) is 0 Å².